The fraction of sp³-hybridized carbons (Fsp3) is 0.800. The predicted octanol–water partition coefficient (Wildman–Crippen LogP) is 1.31. The average molecular weight is 214 g/mol. The number of carbonyl (C=O) groups is 1. The summed E-state index contributed by atoms with van der Waals surface area (Å²) in [5.74, 6) is 0.566. The van der Waals surface area contributed by atoms with Gasteiger partial charge in [0, 0.05) is 25.4 Å². The van der Waals surface area contributed by atoms with Crippen LogP contribution in [0.2, 0.25) is 0 Å². The Morgan fingerprint density at radius 2 is 2.21 bits per heavy atom. The van der Waals surface area contributed by atoms with Crippen molar-refractivity contribution in [3.8, 4) is 0 Å². The molecule has 0 atom stereocenters. The van der Waals surface area contributed by atoms with Gasteiger partial charge in [-0.25, -0.2) is 0 Å². The molecule has 80 valence electrons. The molecule has 1 amide bonds. The number of nitrogens with zero attached hydrogens (tertiary/aromatic N) is 1. The van der Waals surface area contributed by atoms with E-state index >= 15 is 0 Å². The van der Waals surface area contributed by atoms with Crippen LogP contribution in [0.5, 0.6) is 0 Å². The topological polar surface area (TPSA) is 46.3 Å². The SMILES string of the molecule is CCN(CCC(N)=S)C(=O)C1CCC1. The van der Waals surface area contributed by atoms with E-state index in [1.54, 1.807) is 0 Å². The molecule has 0 radical (unpaired) electrons. The van der Waals surface area contributed by atoms with Crippen LogP contribution in [0.4, 0.5) is 0 Å². The van der Waals surface area contributed by atoms with Crippen LogP contribution in [0.3, 0.4) is 0 Å². The molecule has 0 bridgehead atoms. The van der Waals surface area contributed by atoms with E-state index < -0.39 is 0 Å². The van der Waals surface area contributed by atoms with Crippen LogP contribution in [0.25, 0.3) is 0 Å². The molecule has 14 heavy (non-hydrogen) atoms. The smallest absolute Gasteiger partial charge is 0.225 e. The molecule has 0 unspecified atom stereocenters. The third-order valence-electron chi connectivity index (χ3n) is 2.78. The molecule has 1 saturated carbocycles. The Balaban J connectivity index is 2.35. The highest BCUT2D eigenvalue weighted by Gasteiger charge is 2.28. The van der Waals surface area contributed by atoms with Gasteiger partial charge in [0.2, 0.25) is 5.91 Å². The minimum Gasteiger partial charge on any atom is -0.393 e. The van der Waals surface area contributed by atoms with Gasteiger partial charge < -0.3 is 10.6 Å². The standard InChI is InChI=1S/C10H18N2OS/c1-2-12(7-6-9(11)14)10(13)8-4-3-5-8/h8H,2-7H2,1H3,(H2,11,14). The van der Waals surface area contributed by atoms with Crippen molar-refractivity contribution in [2.75, 3.05) is 13.1 Å². The molecule has 0 aliphatic heterocycles. The first kappa shape index (κ1) is 11.4. The lowest BCUT2D eigenvalue weighted by atomic mass is 9.84. The Hall–Kier alpha value is -0.640. The molecule has 0 aromatic carbocycles. The summed E-state index contributed by atoms with van der Waals surface area (Å²) in [5, 5.41) is 0. The Kier molecular flexibility index (Phi) is 4.32. The first-order chi connectivity index (χ1) is 6.65. The monoisotopic (exact) mass is 214 g/mol. The van der Waals surface area contributed by atoms with Crippen molar-refractivity contribution in [3.05, 3.63) is 0 Å². The highest BCUT2D eigenvalue weighted by Crippen LogP contribution is 2.28. The zero-order valence-corrected chi connectivity index (χ0v) is 9.48. The summed E-state index contributed by atoms with van der Waals surface area (Å²) in [6, 6.07) is 0. The van der Waals surface area contributed by atoms with Gasteiger partial charge in [-0.2, -0.15) is 0 Å². The zero-order valence-electron chi connectivity index (χ0n) is 8.66. The molecule has 0 saturated heterocycles. The van der Waals surface area contributed by atoms with Crippen molar-refractivity contribution in [1.82, 2.24) is 4.90 Å². The highest BCUT2D eigenvalue weighted by atomic mass is 32.1. The van der Waals surface area contributed by atoms with Gasteiger partial charge in [0.05, 0.1) is 4.99 Å². The second-order valence-electron chi connectivity index (χ2n) is 3.76. The number of hydrogen-bond donors (Lipinski definition) is 1. The normalized spacial score (nSPS) is 16.1. The molecule has 0 heterocycles. The summed E-state index contributed by atoms with van der Waals surface area (Å²) >= 11 is 4.80. The van der Waals surface area contributed by atoms with E-state index in [1.807, 2.05) is 11.8 Å². The van der Waals surface area contributed by atoms with Crippen molar-refractivity contribution in [3.63, 3.8) is 0 Å². The van der Waals surface area contributed by atoms with E-state index in [0.717, 1.165) is 19.4 Å². The van der Waals surface area contributed by atoms with E-state index in [9.17, 15) is 4.79 Å². The maximum atomic E-state index is 11.8. The molecule has 1 aliphatic rings. The maximum absolute atomic E-state index is 11.8. The van der Waals surface area contributed by atoms with Crippen LogP contribution in [-0.4, -0.2) is 28.9 Å². The van der Waals surface area contributed by atoms with Crippen LogP contribution in [-0.2, 0) is 4.79 Å². The van der Waals surface area contributed by atoms with Gasteiger partial charge in [-0.05, 0) is 19.8 Å². The fourth-order valence-electron chi connectivity index (χ4n) is 1.58. The first-order valence-corrected chi connectivity index (χ1v) is 5.63. The molecule has 3 nitrogen and oxygen atoms in total. The molecule has 2 N–H and O–H groups in total. The number of nitrogens with two attached hydrogens (primary N) is 1. The lowest BCUT2D eigenvalue weighted by Crippen LogP contribution is -2.40. The summed E-state index contributed by atoms with van der Waals surface area (Å²) in [5.41, 5.74) is 5.41. The van der Waals surface area contributed by atoms with Crippen LogP contribution >= 0.6 is 12.2 Å². The Morgan fingerprint density at radius 1 is 1.57 bits per heavy atom. The number of rotatable bonds is 5. The third kappa shape index (κ3) is 2.94. The van der Waals surface area contributed by atoms with E-state index in [2.05, 4.69) is 0 Å². The number of thiocarbonyl (C=S) groups is 1. The zero-order chi connectivity index (χ0) is 10.6. The molecular weight excluding hydrogens is 196 g/mol. The minimum atomic E-state index is 0.279. The molecule has 0 spiro atoms. The Bertz CT molecular complexity index is 226. The van der Waals surface area contributed by atoms with Crippen molar-refractivity contribution in [1.29, 1.82) is 0 Å². The van der Waals surface area contributed by atoms with Gasteiger partial charge in [-0.1, -0.05) is 18.6 Å². The predicted molar refractivity (Wildman–Crippen MR) is 61.0 cm³/mol. The number of hydrogen-bond acceptors (Lipinski definition) is 2. The molecular formula is C10H18N2OS. The van der Waals surface area contributed by atoms with Crippen LogP contribution < -0.4 is 5.73 Å². The van der Waals surface area contributed by atoms with Crippen molar-refractivity contribution < 1.29 is 4.79 Å². The van der Waals surface area contributed by atoms with Crippen molar-refractivity contribution >= 4 is 23.1 Å². The molecule has 1 aliphatic carbocycles. The van der Waals surface area contributed by atoms with E-state index in [1.165, 1.54) is 6.42 Å². The van der Waals surface area contributed by atoms with Gasteiger partial charge >= 0.3 is 0 Å². The average Bonchev–Trinajstić information content (AvgIpc) is 2.01. The van der Waals surface area contributed by atoms with Gasteiger partial charge in [0.1, 0.15) is 0 Å². The largest absolute Gasteiger partial charge is 0.393 e. The maximum Gasteiger partial charge on any atom is 0.225 e. The van der Waals surface area contributed by atoms with E-state index in [0.29, 0.717) is 18.0 Å². The highest BCUT2D eigenvalue weighted by molar-refractivity contribution is 7.80. The minimum absolute atomic E-state index is 0.279. The fourth-order valence-corrected chi connectivity index (χ4v) is 1.67. The second-order valence-corrected chi connectivity index (χ2v) is 4.29. The van der Waals surface area contributed by atoms with Crippen LogP contribution in [0.15, 0.2) is 0 Å². The number of carbonyl (C=O) groups excluding carboxylic acids is 1. The van der Waals surface area contributed by atoms with Crippen molar-refractivity contribution in [2.24, 2.45) is 11.7 Å². The lowest BCUT2D eigenvalue weighted by molar-refractivity contribution is -0.137. The summed E-state index contributed by atoms with van der Waals surface area (Å²) in [6.07, 6.45) is 3.95. The van der Waals surface area contributed by atoms with Crippen LogP contribution in [0.1, 0.15) is 32.6 Å². The first-order valence-electron chi connectivity index (χ1n) is 5.22. The number of amides is 1. The molecule has 0 aromatic heterocycles. The van der Waals surface area contributed by atoms with Gasteiger partial charge in [-0.15, -0.1) is 0 Å². The molecule has 1 fully saturated rings. The Morgan fingerprint density at radius 3 is 2.57 bits per heavy atom. The third-order valence-corrected chi connectivity index (χ3v) is 2.98. The van der Waals surface area contributed by atoms with Crippen LogP contribution in [0, 0.1) is 5.92 Å². The second kappa shape index (κ2) is 5.29. The lowest BCUT2D eigenvalue weighted by Gasteiger charge is -2.30. The van der Waals surface area contributed by atoms with E-state index in [-0.39, 0.29) is 11.8 Å². The molecule has 1 rings (SSSR count). The van der Waals surface area contributed by atoms with Gasteiger partial charge in [0.25, 0.3) is 0 Å². The molecule has 4 heteroatoms. The summed E-state index contributed by atoms with van der Waals surface area (Å²) in [7, 11) is 0. The van der Waals surface area contributed by atoms with E-state index in [4.69, 9.17) is 18.0 Å². The summed E-state index contributed by atoms with van der Waals surface area (Å²) in [4.78, 5) is 14.2. The summed E-state index contributed by atoms with van der Waals surface area (Å²) < 4.78 is 0. The van der Waals surface area contributed by atoms with Gasteiger partial charge in [0.15, 0.2) is 0 Å². The van der Waals surface area contributed by atoms with Gasteiger partial charge in [-0.3, -0.25) is 4.79 Å². The summed E-state index contributed by atoms with van der Waals surface area (Å²) in [6.45, 7) is 3.44. The quantitative estimate of drug-likeness (QED) is 0.702. The Labute approximate surface area is 90.6 Å². The molecule has 0 aromatic rings. The van der Waals surface area contributed by atoms with Crippen molar-refractivity contribution in [2.45, 2.75) is 32.6 Å².